The Morgan fingerprint density at radius 1 is 1.30 bits per heavy atom. The third kappa shape index (κ3) is 3.12. The third-order valence-corrected chi connectivity index (χ3v) is 4.92. The first-order valence-electron chi connectivity index (χ1n) is 7.10. The molecule has 1 aliphatic carbocycles. The van der Waals surface area contributed by atoms with Crippen molar-refractivity contribution in [3.05, 3.63) is 34.1 Å². The summed E-state index contributed by atoms with van der Waals surface area (Å²) < 4.78 is 14.6. The lowest BCUT2D eigenvalue weighted by Crippen LogP contribution is -2.53. The zero-order valence-corrected chi connectivity index (χ0v) is 13.7. The van der Waals surface area contributed by atoms with Crippen LogP contribution < -0.4 is 0 Å². The minimum Gasteiger partial charge on any atom is -0.297 e. The highest BCUT2D eigenvalue weighted by molar-refractivity contribution is 9.10. The van der Waals surface area contributed by atoms with Crippen molar-refractivity contribution in [1.82, 2.24) is 4.90 Å². The number of carbonyl (C=O) groups is 1. The van der Waals surface area contributed by atoms with E-state index in [2.05, 4.69) is 15.9 Å². The van der Waals surface area contributed by atoms with E-state index in [1.807, 2.05) is 19.0 Å². The monoisotopic (exact) mass is 341 g/mol. The molecular formula is C16H21BrFNO. The Bertz CT molecular complexity index is 495. The average Bonchev–Trinajstić information content (AvgIpc) is 2.42. The molecule has 0 radical (unpaired) electrons. The van der Waals surface area contributed by atoms with Gasteiger partial charge in [-0.15, -0.1) is 0 Å². The molecule has 0 amide bonds. The molecule has 1 saturated carbocycles. The maximum Gasteiger partial charge on any atom is 0.157 e. The van der Waals surface area contributed by atoms with Gasteiger partial charge >= 0.3 is 0 Å². The first-order chi connectivity index (χ1) is 9.45. The number of halogens is 2. The van der Waals surface area contributed by atoms with Gasteiger partial charge in [-0.05, 0) is 44.6 Å². The molecule has 1 aromatic rings. The van der Waals surface area contributed by atoms with Gasteiger partial charge in [-0.1, -0.05) is 41.3 Å². The molecule has 20 heavy (non-hydrogen) atoms. The summed E-state index contributed by atoms with van der Waals surface area (Å²) in [7, 11) is 3.92. The molecule has 0 aliphatic heterocycles. The standard InChI is InChI=1S/C16H21BrFNO/c1-19(2)16(8-4-3-5-9-16)15(20)10-12-6-7-13(17)11-14(12)18/h6-7,11H,3-5,8-10H2,1-2H3. The van der Waals surface area contributed by atoms with E-state index in [-0.39, 0.29) is 18.0 Å². The van der Waals surface area contributed by atoms with Gasteiger partial charge in [0.15, 0.2) is 5.78 Å². The van der Waals surface area contributed by atoms with Gasteiger partial charge < -0.3 is 0 Å². The van der Waals surface area contributed by atoms with Gasteiger partial charge in [0.05, 0.1) is 5.54 Å². The Morgan fingerprint density at radius 3 is 2.50 bits per heavy atom. The highest BCUT2D eigenvalue weighted by Crippen LogP contribution is 2.34. The van der Waals surface area contributed by atoms with Crippen LogP contribution in [0.15, 0.2) is 22.7 Å². The number of Topliss-reactive ketones (excluding diaryl/α,β-unsaturated/α-hetero) is 1. The Morgan fingerprint density at radius 2 is 1.95 bits per heavy atom. The largest absolute Gasteiger partial charge is 0.297 e. The van der Waals surface area contributed by atoms with Gasteiger partial charge in [-0.3, -0.25) is 9.69 Å². The lowest BCUT2D eigenvalue weighted by Gasteiger charge is -2.41. The summed E-state index contributed by atoms with van der Waals surface area (Å²) in [5.41, 5.74) is 0.0857. The van der Waals surface area contributed by atoms with Gasteiger partial charge in [-0.25, -0.2) is 4.39 Å². The number of benzene rings is 1. The number of ketones is 1. The van der Waals surface area contributed by atoms with Crippen LogP contribution in [-0.4, -0.2) is 30.3 Å². The van der Waals surface area contributed by atoms with Gasteiger partial charge in [-0.2, -0.15) is 0 Å². The predicted octanol–water partition coefficient (Wildman–Crippen LogP) is 3.96. The van der Waals surface area contributed by atoms with Gasteiger partial charge in [0, 0.05) is 10.9 Å². The second-order valence-electron chi connectivity index (χ2n) is 5.82. The van der Waals surface area contributed by atoms with E-state index in [4.69, 9.17) is 0 Å². The molecule has 4 heteroatoms. The number of carbonyl (C=O) groups excluding carboxylic acids is 1. The maximum atomic E-state index is 13.9. The minimum atomic E-state index is -0.405. The quantitative estimate of drug-likeness (QED) is 0.825. The molecule has 0 saturated heterocycles. The van der Waals surface area contributed by atoms with Crippen LogP contribution in [-0.2, 0) is 11.2 Å². The molecule has 0 heterocycles. The topological polar surface area (TPSA) is 20.3 Å². The first-order valence-corrected chi connectivity index (χ1v) is 7.90. The van der Waals surface area contributed by atoms with Crippen molar-refractivity contribution < 1.29 is 9.18 Å². The van der Waals surface area contributed by atoms with E-state index >= 15 is 0 Å². The Kier molecular flexibility index (Phi) is 4.97. The fourth-order valence-corrected chi connectivity index (χ4v) is 3.45. The molecule has 1 aromatic carbocycles. The number of rotatable bonds is 4. The molecule has 0 N–H and O–H groups in total. The van der Waals surface area contributed by atoms with E-state index < -0.39 is 5.54 Å². The lowest BCUT2D eigenvalue weighted by molar-refractivity contribution is -0.131. The van der Waals surface area contributed by atoms with E-state index in [1.165, 1.54) is 12.5 Å². The van der Waals surface area contributed by atoms with Crippen LogP contribution in [0.5, 0.6) is 0 Å². The molecule has 2 rings (SSSR count). The molecule has 0 aromatic heterocycles. The molecule has 0 bridgehead atoms. The molecule has 1 fully saturated rings. The third-order valence-electron chi connectivity index (χ3n) is 4.42. The fraction of sp³-hybridized carbons (Fsp3) is 0.562. The normalized spacial score (nSPS) is 18.2. The van der Waals surface area contributed by atoms with Crippen LogP contribution in [0, 0.1) is 5.82 Å². The summed E-state index contributed by atoms with van der Waals surface area (Å²) in [4.78, 5) is 14.8. The summed E-state index contributed by atoms with van der Waals surface area (Å²) in [6.07, 6.45) is 5.29. The van der Waals surface area contributed by atoms with E-state index in [0.717, 1.165) is 25.7 Å². The van der Waals surface area contributed by atoms with Crippen molar-refractivity contribution in [2.45, 2.75) is 44.1 Å². The van der Waals surface area contributed by atoms with Crippen molar-refractivity contribution >= 4 is 21.7 Å². The van der Waals surface area contributed by atoms with Crippen LogP contribution in [0.2, 0.25) is 0 Å². The van der Waals surface area contributed by atoms with Crippen molar-refractivity contribution in [1.29, 1.82) is 0 Å². The molecule has 0 unspecified atom stereocenters. The zero-order chi connectivity index (χ0) is 14.8. The predicted molar refractivity (Wildman–Crippen MR) is 82.3 cm³/mol. The SMILES string of the molecule is CN(C)C1(C(=O)Cc2ccc(Br)cc2F)CCCCC1. The molecular weight excluding hydrogens is 321 g/mol. The van der Waals surface area contributed by atoms with Crippen molar-refractivity contribution in [2.75, 3.05) is 14.1 Å². The highest BCUT2D eigenvalue weighted by Gasteiger charge is 2.40. The van der Waals surface area contributed by atoms with Crippen LogP contribution >= 0.6 is 15.9 Å². The number of hydrogen-bond acceptors (Lipinski definition) is 2. The molecule has 2 nitrogen and oxygen atoms in total. The summed E-state index contributed by atoms with van der Waals surface area (Å²) in [5, 5.41) is 0. The molecule has 0 spiro atoms. The van der Waals surface area contributed by atoms with E-state index in [1.54, 1.807) is 12.1 Å². The smallest absolute Gasteiger partial charge is 0.157 e. The second-order valence-corrected chi connectivity index (χ2v) is 6.74. The Hall–Kier alpha value is -0.740. The molecule has 1 aliphatic rings. The Labute approximate surface area is 128 Å². The van der Waals surface area contributed by atoms with Crippen molar-refractivity contribution in [3.63, 3.8) is 0 Å². The van der Waals surface area contributed by atoms with Gasteiger partial charge in [0.25, 0.3) is 0 Å². The lowest BCUT2D eigenvalue weighted by atomic mass is 9.76. The van der Waals surface area contributed by atoms with Gasteiger partial charge in [0.2, 0.25) is 0 Å². The second kappa shape index (κ2) is 6.35. The molecule has 110 valence electrons. The highest BCUT2D eigenvalue weighted by atomic mass is 79.9. The van der Waals surface area contributed by atoms with Crippen LogP contribution in [0.25, 0.3) is 0 Å². The first kappa shape index (κ1) is 15.6. The number of nitrogens with zero attached hydrogens (tertiary/aromatic N) is 1. The van der Waals surface area contributed by atoms with E-state index in [9.17, 15) is 9.18 Å². The van der Waals surface area contributed by atoms with Crippen LogP contribution in [0.3, 0.4) is 0 Å². The van der Waals surface area contributed by atoms with E-state index in [0.29, 0.717) is 10.0 Å². The van der Waals surface area contributed by atoms with Crippen molar-refractivity contribution in [2.24, 2.45) is 0 Å². The summed E-state index contributed by atoms with van der Waals surface area (Å²) in [6.45, 7) is 0. The summed E-state index contributed by atoms with van der Waals surface area (Å²) >= 11 is 3.24. The average molecular weight is 342 g/mol. The number of hydrogen-bond donors (Lipinski definition) is 0. The summed E-state index contributed by atoms with van der Waals surface area (Å²) in [6, 6.07) is 4.91. The fourth-order valence-electron chi connectivity index (χ4n) is 3.11. The van der Waals surface area contributed by atoms with Crippen molar-refractivity contribution in [3.8, 4) is 0 Å². The minimum absolute atomic E-state index is 0.142. The number of likely N-dealkylation sites (N-methyl/N-ethyl adjacent to an activating group) is 1. The zero-order valence-electron chi connectivity index (χ0n) is 12.1. The summed E-state index contributed by atoms with van der Waals surface area (Å²) in [5.74, 6) is -0.166. The van der Waals surface area contributed by atoms with Crippen LogP contribution in [0.1, 0.15) is 37.7 Å². The maximum absolute atomic E-state index is 13.9. The Balaban J connectivity index is 2.20. The van der Waals surface area contributed by atoms with Crippen LogP contribution in [0.4, 0.5) is 4.39 Å². The molecule has 0 atom stereocenters. The van der Waals surface area contributed by atoms with Gasteiger partial charge in [0.1, 0.15) is 5.82 Å².